The van der Waals surface area contributed by atoms with Gasteiger partial charge >= 0.3 is 0 Å². The summed E-state index contributed by atoms with van der Waals surface area (Å²) in [6.45, 7) is 3.44. The van der Waals surface area contributed by atoms with Crippen molar-refractivity contribution in [1.82, 2.24) is 0 Å². The number of sulfone groups is 1. The molecule has 13 heavy (non-hydrogen) atoms. The fourth-order valence-corrected chi connectivity index (χ4v) is 2.14. The van der Waals surface area contributed by atoms with E-state index >= 15 is 0 Å². The van der Waals surface area contributed by atoms with Gasteiger partial charge in [0.2, 0.25) is 0 Å². The maximum atomic E-state index is 11.4. The van der Waals surface area contributed by atoms with Crippen molar-refractivity contribution < 1.29 is 8.42 Å². The van der Waals surface area contributed by atoms with Gasteiger partial charge in [0.1, 0.15) is 0 Å². The van der Waals surface area contributed by atoms with E-state index in [1.54, 1.807) is 19.1 Å². The first-order valence-corrected chi connectivity index (χ1v) is 5.71. The van der Waals surface area contributed by atoms with Crippen molar-refractivity contribution in [3.63, 3.8) is 0 Å². The normalized spacial score (nSPS) is 11.5. The fourth-order valence-electron chi connectivity index (χ4n) is 1.12. The Morgan fingerprint density at radius 3 is 2.38 bits per heavy atom. The predicted molar refractivity (Wildman–Crippen MR) is 53.3 cm³/mol. The maximum Gasteiger partial charge on any atom is 0.178 e. The number of nitrogens with two attached hydrogens (primary N) is 1. The molecule has 0 aliphatic heterocycles. The summed E-state index contributed by atoms with van der Waals surface area (Å²) >= 11 is 0. The molecule has 0 atom stereocenters. The molecule has 0 aliphatic rings. The molecule has 1 aromatic carbocycles. The third kappa shape index (κ3) is 2.21. The van der Waals surface area contributed by atoms with Gasteiger partial charge in [-0.3, -0.25) is 0 Å². The molecule has 0 heterocycles. The summed E-state index contributed by atoms with van der Waals surface area (Å²) < 4.78 is 22.9. The van der Waals surface area contributed by atoms with Crippen LogP contribution >= 0.6 is 0 Å². The minimum atomic E-state index is -3.12. The van der Waals surface area contributed by atoms with Crippen LogP contribution in [0.3, 0.4) is 0 Å². The number of rotatable bonds is 2. The number of aryl methyl sites for hydroxylation is 1. The number of anilines is 1. The standard InChI is InChI=1S/C9H13NO2S/c1-3-13(11,12)9-5-7(2)4-8(10)6-9/h4-6H,3,10H2,1-2H3. The van der Waals surface area contributed by atoms with Crippen molar-refractivity contribution >= 4 is 15.5 Å². The smallest absolute Gasteiger partial charge is 0.178 e. The number of hydrogen-bond acceptors (Lipinski definition) is 3. The van der Waals surface area contributed by atoms with Gasteiger partial charge in [-0.1, -0.05) is 6.92 Å². The highest BCUT2D eigenvalue weighted by Crippen LogP contribution is 2.17. The van der Waals surface area contributed by atoms with Crippen LogP contribution in [-0.4, -0.2) is 14.2 Å². The Kier molecular flexibility index (Phi) is 2.61. The average Bonchev–Trinajstić information content (AvgIpc) is 2.02. The van der Waals surface area contributed by atoms with Crippen molar-refractivity contribution in [2.45, 2.75) is 18.7 Å². The molecule has 72 valence electrons. The van der Waals surface area contributed by atoms with Crippen molar-refractivity contribution in [3.8, 4) is 0 Å². The van der Waals surface area contributed by atoms with Gasteiger partial charge < -0.3 is 5.73 Å². The first-order chi connectivity index (χ1) is 5.95. The lowest BCUT2D eigenvalue weighted by Gasteiger charge is -2.03. The molecule has 1 aromatic rings. The first kappa shape index (κ1) is 10.1. The Morgan fingerprint density at radius 1 is 1.31 bits per heavy atom. The molecule has 0 unspecified atom stereocenters. The van der Waals surface area contributed by atoms with Crippen LogP contribution in [0.15, 0.2) is 23.1 Å². The molecule has 0 spiro atoms. The quantitative estimate of drug-likeness (QED) is 0.732. The Hall–Kier alpha value is -1.03. The van der Waals surface area contributed by atoms with Gasteiger partial charge in [0.15, 0.2) is 9.84 Å². The number of nitrogen functional groups attached to an aromatic ring is 1. The molecule has 0 saturated heterocycles. The Bertz CT molecular complexity index is 389. The van der Waals surface area contributed by atoms with Gasteiger partial charge in [0.05, 0.1) is 10.6 Å². The van der Waals surface area contributed by atoms with Crippen LogP contribution in [0.4, 0.5) is 5.69 Å². The molecule has 3 nitrogen and oxygen atoms in total. The molecular formula is C9H13NO2S. The van der Waals surface area contributed by atoms with Gasteiger partial charge in [0.25, 0.3) is 0 Å². The third-order valence-electron chi connectivity index (χ3n) is 1.81. The first-order valence-electron chi connectivity index (χ1n) is 4.05. The molecule has 0 radical (unpaired) electrons. The van der Waals surface area contributed by atoms with E-state index in [-0.39, 0.29) is 5.75 Å². The van der Waals surface area contributed by atoms with Gasteiger partial charge in [0, 0.05) is 5.69 Å². The highest BCUT2D eigenvalue weighted by Gasteiger charge is 2.11. The van der Waals surface area contributed by atoms with E-state index in [2.05, 4.69) is 0 Å². The van der Waals surface area contributed by atoms with Crippen LogP contribution in [0.5, 0.6) is 0 Å². The van der Waals surface area contributed by atoms with Crippen molar-refractivity contribution in [2.24, 2.45) is 0 Å². The zero-order valence-electron chi connectivity index (χ0n) is 7.74. The van der Waals surface area contributed by atoms with E-state index in [0.29, 0.717) is 10.6 Å². The summed E-state index contributed by atoms with van der Waals surface area (Å²) in [4.78, 5) is 0.313. The van der Waals surface area contributed by atoms with Gasteiger partial charge in [-0.05, 0) is 30.7 Å². The highest BCUT2D eigenvalue weighted by molar-refractivity contribution is 7.91. The molecule has 0 aliphatic carbocycles. The van der Waals surface area contributed by atoms with Crippen LogP contribution in [0.1, 0.15) is 12.5 Å². The van der Waals surface area contributed by atoms with Crippen LogP contribution in [0.2, 0.25) is 0 Å². The molecule has 2 N–H and O–H groups in total. The SMILES string of the molecule is CCS(=O)(=O)c1cc(C)cc(N)c1. The Morgan fingerprint density at radius 2 is 1.92 bits per heavy atom. The lowest BCUT2D eigenvalue weighted by molar-refractivity contribution is 0.597. The topological polar surface area (TPSA) is 60.2 Å². The second kappa shape index (κ2) is 3.38. The summed E-state index contributed by atoms with van der Waals surface area (Å²) in [6, 6.07) is 4.87. The minimum absolute atomic E-state index is 0.107. The van der Waals surface area contributed by atoms with Crippen molar-refractivity contribution in [2.75, 3.05) is 11.5 Å². The summed E-state index contributed by atoms with van der Waals surface area (Å²) in [5, 5.41) is 0. The maximum absolute atomic E-state index is 11.4. The van der Waals surface area contributed by atoms with E-state index in [4.69, 9.17) is 5.73 Å². The van der Waals surface area contributed by atoms with Crippen LogP contribution in [-0.2, 0) is 9.84 Å². The Balaban J connectivity index is 3.32. The summed E-state index contributed by atoms with van der Waals surface area (Å²) in [5.41, 5.74) is 6.91. The van der Waals surface area contributed by atoms with Gasteiger partial charge in [-0.25, -0.2) is 8.42 Å². The largest absolute Gasteiger partial charge is 0.399 e. The van der Waals surface area contributed by atoms with Crippen LogP contribution in [0, 0.1) is 6.92 Å². The molecule has 4 heteroatoms. The average molecular weight is 199 g/mol. The van der Waals surface area contributed by atoms with E-state index < -0.39 is 9.84 Å². The van der Waals surface area contributed by atoms with Gasteiger partial charge in [-0.15, -0.1) is 0 Å². The molecule has 0 bridgehead atoms. The molecule has 0 saturated carbocycles. The van der Waals surface area contributed by atoms with E-state index in [1.165, 1.54) is 6.07 Å². The van der Waals surface area contributed by atoms with Crippen LogP contribution in [0.25, 0.3) is 0 Å². The lowest BCUT2D eigenvalue weighted by Crippen LogP contribution is -2.04. The second-order valence-corrected chi connectivity index (χ2v) is 5.26. The van der Waals surface area contributed by atoms with E-state index in [9.17, 15) is 8.42 Å². The molecule has 1 rings (SSSR count). The lowest BCUT2D eigenvalue weighted by atomic mass is 10.2. The third-order valence-corrected chi connectivity index (χ3v) is 3.53. The summed E-state index contributed by atoms with van der Waals surface area (Å²) in [7, 11) is -3.12. The van der Waals surface area contributed by atoms with Gasteiger partial charge in [-0.2, -0.15) is 0 Å². The summed E-state index contributed by atoms with van der Waals surface area (Å²) in [5.74, 6) is 0.107. The van der Waals surface area contributed by atoms with Crippen molar-refractivity contribution in [3.05, 3.63) is 23.8 Å². The molecule has 0 fully saturated rings. The highest BCUT2D eigenvalue weighted by atomic mass is 32.2. The fraction of sp³-hybridized carbons (Fsp3) is 0.333. The minimum Gasteiger partial charge on any atom is -0.399 e. The van der Waals surface area contributed by atoms with Crippen LogP contribution < -0.4 is 5.73 Å². The molecule has 0 aromatic heterocycles. The summed E-state index contributed by atoms with van der Waals surface area (Å²) in [6.07, 6.45) is 0. The zero-order chi connectivity index (χ0) is 10.1. The number of hydrogen-bond donors (Lipinski definition) is 1. The zero-order valence-corrected chi connectivity index (χ0v) is 8.56. The number of benzene rings is 1. The van der Waals surface area contributed by atoms with Crippen molar-refractivity contribution in [1.29, 1.82) is 0 Å². The molecular weight excluding hydrogens is 186 g/mol. The molecule has 0 amide bonds. The van der Waals surface area contributed by atoms with E-state index in [1.807, 2.05) is 6.92 Å². The predicted octanol–water partition coefficient (Wildman–Crippen LogP) is 1.37. The monoisotopic (exact) mass is 199 g/mol. The second-order valence-electron chi connectivity index (χ2n) is 2.98. The van der Waals surface area contributed by atoms with E-state index in [0.717, 1.165) is 5.56 Å². The Labute approximate surface area is 78.5 Å².